The number of anilines is 1. The van der Waals surface area contributed by atoms with Crippen LogP contribution >= 0.6 is 0 Å². The fraction of sp³-hybridized carbons (Fsp3) is 0.296. The minimum Gasteiger partial charge on any atom is -0.497 e. The summed E-state index contributed by atoms with van der Waals surface area (Å²) < 4.78 is 32.6. The normalized spacial score (nSPS) is 15.3. The summed E-state index contributed by atoms with van der Waals surface area (Å²) in [5, 5.41) is 6.27. The Kier molecular flexibility index (Phi) is 8.17. The van der Waals surface area contributed by atoms with Gasteiger partial charge in [0, 0.05) is 31.4 Å². The average Bonchev–Trinajstić information content (AvgIpc) is 2.90. The van der Waals surface area contributed by atoms with E-state index < -0.39 is 16.1 Å². The fourth-order valence-electron chi connectivity index (χ4n) is 4.18. The molecule has 1 saturated heterocycles. The summed E-state index contributed by atoms with van der Waals surface area (Å²) in [6, 6.07) is 23.0. The highest BCUT2D eigenvalue weighted by Crippen LogP contribution is 2.23. The summed E-state index contributed by atoms with van der Waals surface area (Å²) in [6.07, 6.45) is 2.88. The van der Waals surface area contributed by atoms with Crippen LogP contribution in [0.15, 0.2) is 83.8 Å². The molecule has 1 fully saturated rings. The number of nitrogens with zero attached hydrogens (tertiary/aromatic N) is 1. The number of ether oxygens (including phenoxy) is 1. The number of carbonyl (C=O) groups excluding carboxylic acids is 1. The number of sulfonamides is 1. The summed E-state index contributed by atoms with van der Waals surface area (Å²) in [4.78, 5) is 13.5. The lowest BCUT2D eigenvalue weighted by Gasteiger charge is -2.26. The van der Waals surface area contributed by atoms with Crippen LogP contribution in [0.3, 0.4) is 0 Å². The Balaban J connectivity index is 1.46. The molecule has 35 heavy (non-hydrogen) atoms. The third kappa shape index (κ3) is 6.28. The molecule has 184 valence electrons. The third-order valence-electron chi connectivity index (χ3n) is 6.12. The van der Waals surface area contributed by atoms with Gasteiger partial charge in [-0.25, -0.2) is 8.42 Å². The van der Waals surface area contributed by atoms with E-state index in [-0.39, 0.29) is 5.91 Å². The van der Waals surface area contributed by atoms with Crippen molar-refractivity contribution in [2.75, 3.05) is 25.5 Å². The van der Waals surface area contributed by atoms with Crippen LogP contribution in [0.1, 0.15) is 36.4 Å². The first-order chi connectivity index (χ1) is 17.0. The first-order valence-electron chi connectivity index (χ1n) is 11.8. The zero-order valence-electron chi connectivity index (χ0n) is 19.8. The number of piperidine rings is 1. The fourth-order valence-corrected chi connectivity index (χ4v) is 5.69. The maximum Gasteiger partial charge on any atom is 0.246 e. The predicted molar refractivity (Wildman–Crippen MR) is 137 cm³/mol. The zero-order chi connectivity index (χ0) is 24.7. The van der Waals surface area contributed by atoms with Crippen LogP contribution in [0.5, 0.6) is 5.75 Å². The molecule has 1 amide bonds. The van der Waals surface area contributed by atoms with Gasteiger partial charge in [-0.2, -0.15) is 4.31 Å². The molecule has 4 rings (SSSR count). The number of nitrogens with one attached hydrogen (secondary N) is 2. The van der Waals surface area contributed by atoms with Gasteiger partial charge in [0.25, 0.3) is 0 Å². The van der Waals surface area contributed by atoms with E-state index >= 15 is 0 Å². The maximum absolute atomic E-state index is 13.2. The van der Waals surface area contributed by atoms with Crippen LogP contribution in [-0.4, -0.2) is 38.8 Å². The van der Waals surface area contributed by atoms with Crippen molar-refractivity contribution in [2.24, 2.45) is 0 Å². The molecule has 1 aliphatic heterocycles. The van der Waals surface area contributed by atoms with Crippen molar-refractivity contribution in [3.05, 3.63) is 90.0 Å². The lowest BCUT2D eigenvalue weighted by atomic mass is 10.1. The largest absolute Gasteiger partial charge is 0.497 e. The molecule has 3 aromatic rings. The molecule has 1 aliphatic rings. The Morgan fingerprint density at radius 3 is 2.34 bits per heavy atom. The van der Waals surface area contributed by atoms with Crippen LogP contribution in [0.4, 0.5) is 5.69 Å². The lowest BCUT2D eigenvalue weighted by Crippen LogP contribution is -2.35. The topological polar surface area (TPSA) is 87.7 Å². The van der Waals surface area contributed by atoms with Gasteiger partial charge in [0.2, 0.25) is 15.9 Å². The summed E-state index contributed by atoms with van der Waals surface area (Å²) in [5.41, 5.74) is 2.36. The molecule has 0 spiro atoms. The molecule has 0 bridgehead atoms. The van der Waals surface area contributed by atoms with E-state index in [4.69, 9.17) is 4.74 Å². The Morgan fingerprint density at radius 1 is 0.943 bits per heavy atom. The summed E-state index contributed by atoms with van der Waals surface area (Å²) >= 11 is 0. The number of hydrogen-bond donors (Lipinski definition) is 2. The van der Waals surface area contributed by atoms with E-state index in [0.29, 0.717) is 36.0 Å². The van der Waals surface area contributed by atoms with Crippen LogP contribution in [0, 0.1) is 0 Å². The standard InChI is InChI=1S/C27H31N3O4S/c1-34-24-12-8-11-23(19-24)29-27(31)26(22-9-4-2-5-10-22)28-20-21-13-15-25(16-14-21)35(32,33)30-17-6-3-7-18-30/h2,4-5,8-16,19,26,28H,3,6-7,17-18,20H2,1H3,(H,29,31)/t26-/m0/s1. The van der Waals surface area contributed by atoms with Crippen LogP contribution in [0.25, 0.3) is 0 Å². The van der Waals surface area contributed by atoms with Gasteiger partial charge in [-0.15, -0.1) is 0 Å². The Labute approximate surface area is 207 Å². The van der Waals surface area contributed by atoms with Gasteiger partial charge in [-0.3, -0.25) is 10.1 Å². The first-order valence-corrected chi connectivity index (χ1v) is 13.2. The highest BCUT2D eigenvalue weighted by atomic mass is 32.2. The van der Waals surface area contributed by atoms with E-state index in [2.05, 4.69) is 10.6 Å². The van der Waals surface area contributed by atoms with Gasteiger partial charge < -0.3 is 10.1 Å². The average molecular weight is 494 g/mol. The molecule has 7 nitrogen and oxygen atoms in total. The molecule has 0 saturated carbocycles. The number of methoxy groups -OCH3 is 1. The molecule has 0 radical (unpaired) electrons. The molecule has 3 aromatic carbocycles. The minimum absolute atomic E-state index is 0.200. The Bertz CT molecular complexity index is 1220. The molecule has 2 N–H and O–H groups in total. The predicted octanol–water partition coefficient (Wildman–Crippen LogP) is 4.34. The lowest BCUT2D eigenvalue weighted by molar-refractivity contribution is -0.118. The van der Waals surface area contributed by atoms with Crippen molar-refractivity contribution in [3.8, 4) is 5.75 Å². The van der Waals surface area contributed by atoms with Crippen LogP contribution in [0.2, 0.25) is 0 Å². The van der Waals surface area contributed by atoms with Crippen molar-refractivity contribution in [2.45, 2.75) is 36.7 Å². The Morgan fingerprint density at radius 2 is 1.66 bits per heavy atom. The van der Waals surface area contributed by atoms with Crippen LogP contribution in [-0.2, 0) is 21.4 Å². The molecule has 0 unspecified atom stereocenters. The molecule has 1 atom stereocenters. The van der Waals surface area contributed by atoms with Gasteiger partial charge >= 0.3 is 0 Å². The monoisotopic (exact) mass is 493 g/mol. The minimum atomic E-state index is -3.47. The third-order valence-corrected chi connectivity index (χ3v) is 8.03. The number of rotatable bonds is 9. The second kappa shape index (κ2) is 11.5. The number of benzene rings is 3. The molecule has 0 aromatic heterocycles. The molecular formula is C27H31N3O4S. The second-order valence-corrected chi connectivity index (χ2v) is 10.5. The molecule has 8 heteroatoms. The van der Waals surface area contributed by atoms with Gasteiger partial charge in [-0.1, -0.05) is 55.0 Å². The molecule has 0 aliphatic carbocycles. The van der Waals surface area contributed by atoms with Crippen molar-refractivity contribution < 1.29 is 17.9 Å². The highest BCUT2D eigenvalue weighted by Gasteiger charge is 2.26. The summed E-state index contributed by atoms with van der Waals surface area (Å²) in [6.45, 7) is 1.55. The van der Waals surface area contributed by atoms with Gasteiger partial charge in [0.15, 0.2) is 0 Å². The summed E-state index contributed by atoms with van der Waals surface area (Å²) in [7, 11) is -1.89. The van der Waals surface area contributed by atoms with Crippen LogP contribution < -0.4 is 15.4 Å². The quantitative estimate of drug-likeness (QED) is 0.463. The van der Waals surface area contributed by atoms with Crippen molar-refractivity contribution in [1.29, 1.82) is 0 Å². The van der Waals surface area contributed by atoms with Crippen molar-refractivity contribution >= 4 is 21.6 Å². The van der Waals surface area contributed by atoms with E-state index in [1.54, 1.807) is 41.7 Å². The first kappa shape index (κ1) is 24.9. The number of carbonyl (C=O) groups is 1. The van der Waals surface area contributed by atoms with E-state index in [1.165, 1.54) is 0 Å². The molecular weight excluding hydrogens is 462 g/mol. The van der Waals surface area contributed by atoms with Gasteiger partial charge in [0.1, 0.15) is 11.8 Å². The van der Waals surface area contributed by atoms with Crippen molar-refractivity contribution in [1.82, 2.24) is 9.62 Å². The SMILES string of the molecule is COc1cccc(NC(=O)[C@@H](NCc2ccc(S(=O)(=O)N3CCCCC3)cc2)c2ccccc2)c1. The van der Waals surface area contributed by atoms with Crippen molar-refractivity contribution in [3.63, 3.8) is 0 Å². The zero-order valence-corrected chi connectivity index (χ0v) is 20.6. The maximum atomic E-state index is 13.2. The Hall–Kier alpha value is -3.20. The van der Waals surface area contributed by atoms with E-state index in [0.717, 1.165) is 30.4 Å². The van der Waals surface area contributed by atoms with E-state index in [9.17, 15) is 13.2 Å². The summed E-state index contributed by atoms with van der Waals surface area (Å²) in [5.74, 6) is 0.459. The van der Waals surface area contributed by atoms with E-state index in [1.807, 2.05) is 48.5 Å². The number of amides is 1. The molecule has 1 heterocycles. The number of hydrogen-bond acceptors (Lipinski definition) is 5. The second-order valence-electron chi connectivity index (χ2n) is 8.55. The smallest absolute Gasteiger partial charge is 0.246 e. The highest BCUT2D eigenvalue weighted by molar-refractivity contribution is 7.89. The van der Waals surface area contributed by atoms with Gasteiger partial charge in [-0.05, 0) is 48.2 Å². The van der Waals surface area contributed by atoms with Gasteiger partial charge in [0.05, 0.1) is 12.0 Å².